The van der Waals surface area contributed by atoms with Gasteiger partial charge in [-0.1, -0.05) is 18.2 Å². The molecule has 0 unspecified atom stereocenters. The van der Waals surface area contributed by atoms with E-state index >= 15 is 0 Å². The third kappa shape index (κ3) is 4.39. The van der Waals surface area contributed by atoms with Gasteiger partial charge in [-0.25, -0.2) is 0 Å². The molecule has 0 saturated carbocycles. The summed E-state index contributed by atoms with van der Waals surface area (Å²) >= 11 is 0. The van der Waals surface area contributed by atoms with E-state index in [0.29, 0.717) is 22.7 Å². The summed E-state index contributed by atoms with van der Waals surface area (Å²) in [5.41, 5.74) is 1.87. The zero-order chi connectivity index (χ0) is 19.2. The Morgan fingerprint density at radius 2 is 1.70 bits per heavy atom. The lowest BCUT2D eigenvalue weighted by Gasteiger charge is -2.18. The second-order valence-corrected chi connectivity index (χ2v) is 6.46. The highest BCUT2D eigenvalue weighted by molar-refractivity contribution is 6.04. The van der Waals surface area contributed by atoms with Crippen LogP contribution in [0.2, 0.25) is 0 Å². The van der Waals surface area contributed by atoms with Crippen LogP contribution in [0.25, 0.3) is 0 Å². The van der Waals surface area contributed by atoms with Crippen molar-refractivity contribution in [3.05, 3.63) is 53.6 Å². The molecule has 0 bridgehead atoms. The SMILES string of the molecule is COc1ccc(CC(=O)Nc2ccccc2C(=O)N2CCCC2)cc1OC. The fraction of sp³-hybridized carbons (Fsp3) is 0.333. The maximum Gasteiger partial charge on any atom is 0.255 e. The van der Waals surface area contributed by atoms with E-state index in [-0.39, 0.29) is 18.2 Å². The highest BCUT2D eigenvalue weighted by Crippen LogP contribution is 2.28. The molecule has 0 aromatic heterocycles. The van der Waals surface area contributed by atoms with Crippen molar-refractivity contribution in [1.82, 2.24) is 4.90 Å². The van der Waals surface area contributed by atoms with Gasteiger partial charge in [-0.15, -0.1) is 0 Å². The van der Waals surface area contributed by atoms with E-state index < -0.39 is 0 Å². The van der Waals surface area contributed by atoms with Crippen LogP contribution in [0.15, 0.2) is 42.5 Å². The summed E-state index contributed by atoms with van der Waals surface area (Å²) in [5.74, 6) is 0.967. The molecular weight excluding hydrogens is 344 g/mol. The molecule has 0 aliphatic carbocycles. The Kier molecular flexibility index (Phi) is 5.96. The third-order valence-corrected chi connectivity index (χ3v) is 4.64. The largest absolute Gasteiger partial charge is 0.493 e. The van der Waals surface area contributed by atoms with E-state index in [1.165, 1.54) is 0 Å². The van der Waals surface area contributed by atoms with E-state index in [9.17, 15) is 9.59 Å². The Bertz CT molecular complexity index is 829. The fourth-order valence-electron chi connectivity index (χ4n) is 3.24. The predicted molar refractivity (Wildman–Crippen MR) is 103 cm³/mol. The van der Waals surface area contributed by atoms with Gasteiger partial charge in [0.25, 0.3) is 5.91 Å². The van der Waals surface area contributed by atoms with Crippen molar-refractivity contribution >= 4 is 17.5 Å². The van der Waals surface area contributed by atoms with E-state index in [1.807, 2.05) is 23.1 Å². The van der Waals surface area contributed by atoms with Crippen LogP contribution < -0.4 is 14.8 Å². The van der Waals surface area contributed by atoms with Gasteiger partial charge in [0.1, 0.15) is 0 Å². The number of carbonyl (C=O) groups excluding carboxylic acids is 2. The number of benzene rings is 2. The van der Waals surface area contributed by atoms with Crippen molar-refractivity contribution in [2.45, 2.75) is 19.3 Å². The molecule has 1 heterocycles. The highest BCUT2D eigenvalue weighted by Gasteiger charge is 2.22. The van der Waals surface area contributed by atoms with Crippen molar-refractivity contribution < 1.29 is 19.1 Å². The minimum atomic E-state index is -0.191. The Hall–Kier alpha value is -3.02. The number of hydrogen-bond acceptors (Lipinski definition) is 4. The third-order valence-electron chi connectivity index (χ3n) is 4.64. The molecule has 1 aliphatic heterocycles. The smallest absolute Gasteiger partial charge is 0.255 e. The monoisotopic (exact) mass is 368 g/mol. The maximum absolute atomic E-state index is 12.7. The number of amides is 2. The number of hydrogen-bond donors (Lipinski definition) is 1. The molecule has 2 amide bonds. The van der Waals surface area contributed by atoms with E-state index in [1.54, 1.807) is 38.5 Å². The van der Waals surface area contributed by atoms with Crippen LogP contribution in [0.1, 0.15) is 28.8 Å². The van der Waals surface area contributed by atoms with Gasteiger partial charge < -0.3 is 19.7 Å². The summed E-state index contributed by atoms with van der Waals surface area (Å²) in [4.78, 5) is 27.1. The molecule has 0 spiro atoms. The lowest BCUT2D eigenvalue weighted by atomic mass is 10.1. The van der Waals surface area contributed by atoms with E-state index in [2.05, 4.69) is 5.32 Å². The molecule has 6 heteroatoms. The topological polar surface area (TPSA) is 67.9 Å². The van der Waals surface area contributed by atoms with Gasteiger partial charge in [-0.3, -0.25) is 9.59 Å². The summed E-state index contributed by atoms with van der Waals surface area (Å²) in [5, 5.41) is 2.87. The standard InChI is InChI=1S/C21H24N2O4/c1-26-18-10-9-15(13-19(18)27-2)14-20(24)22-17-8-4-3-7-16(17)21(25)23-11-5-6-12-23/h3-4,7-10,13H,5-6,11-12,14H2,1-2H3,(H,22,24). The first-order valence-electron chi connectivity index (χ1n) is 9.01. The summed E-state index contributed by atoms with van der Waals surface area (Å²) in [7, 11) is 3.13. The van der Waals surface area contributed by atoms with Gasteiger partial charge in [0.15, 0.2) is 11.5 Å². The Morgan fingerprint density at radius 3 is 2.41 bits per heavy atom. The number of nitrogens with zero attached hydrogens (tertiary/aromatic N) is 1. The number of anilines is 1. The molecule has 1 N–H and O–H groups in total. The normalized spacial score (nSPS) is 13.3. The molecule has 1 saturated heterocycles. The van der Waals surface area contributed by atoms with Crippen LogP contribution in [0, 0.1) is 0 Å². The van der Waals surface area contributed by atoms with Gasteiger partial charge in [0.05, 0.1) is 31.9 Å². The van der Waals surface area contributed by atoms with Crippen molar-refractivity contribution in [2.24, 2.45) is 0 Å². The Balaban J connectivity index is 1.72. The summed E-state index contributed by atoms with van der Waals surface area (Å²) in [6, 6.07) is 12.5. The fourth-order valence-corrected chi connectivity index (χ4v) is 3.24. The van der Waals surface area contributed by atoms with Gasteiger partial charge in [0.2, 0.25) is 5.91 Å². The number of methoxy groups -OCH3 is 2. The van der Waals surface area contributed by atoms with Crippen molar-refractivity contribution in [2.75, 3.05) is 32.6 Å². The van der Waals surface area contributed by atoms with Gasteiger partial charge in [-0.05, 0) is 42.7 Å². The molecule has 3 rings (SSSR count). The summed E-state index contributed by atoms with van der Waals surface area (Å²) < 4.78 is 10.5. The number of carbonyl (C=O) groups is 2. The molecule has 2 aromatic carbocycles. The molecule has 0 radical (unpaired) electrons. The molecule has 27 heavy (non-hydrogen) atoms. The van der Waals surface area contributed by atoms with Crippen LogP contribution in [-0.2, 0) is 11.2 Å². The average molecular weight is 368 g/mol. The van der Waals surface area contributed by atoms with E-state index in [4.69, 9.17) is 9.47 Å². The molecule has 142 valence electrons. The first-order valence-corrected chi connectivity index (χ1v) is 9.01. The number of nitrogens with one attached hydrogen (secondary N) is 1. The van der Waals surface area contributed by atoms with Crippen LogP contribution in [0.3, 0.4) is 0 Å². The van der Waals surface area contributed by atoms with Crippen molar-refractivity contribution in [1.29, 1.82) is 0 Å². The Labute approximate surface area is 159 Å². The quantitative estimate of drug-likeness (QED) is 0.851. The maximum atomic E-state index is 12.7. The molecule has 1 fully saturated rings. The second-order valence-electron chi connectivity index (χ2n) is 6.46. The molecular formula is C21H24N2O4. The molecule has 1 aliphatic rings. The molecule has 2 aromatic rings. The Morgan fingerprint density at radius 1 is 1.00 bits per heavy atom. The predicted octanol–water partition coefficient (Wildman–Crippen LogP) is 3.12. The lowest BCUT2D eigenvalue weighted by Crippen LogP contribution is -2.29. The number of rotatable bonds is 6. The average Bonchev–Trinajstić information content (AvgIpc) is 3.22. The van der Waals surface area contributed by atoms with Crippen molar-refractivity contribution in [3.8, 4) is 11.5 Å². The first kappa shape index (κ1) is 18.8. The molecule has 6 nitrogen and oxygen atoms in total. The molecule has 0 atom stereocenters. The number of ether oxygens (including phenoxy) is 2. The van der Waals surface area contributed by atoms with Gasteiger partial charge in [-0.2, -0.15) is 0 Å². The zero-order valence-corrected chi connectivity index (χ0v) is 15.7. The minimum absolute atomic E-state index is 0.0329. The van der Waals surface area contributed by atoms with Crippen molar-refractivity contribution in [3.63, 3.8) is 0 Å². The van der Waals surface area contributed by atoms with Gasteiger partial charge >= 0.3 is 0 Å². The van der Waals surface area contributed by atoms with Crippen LogP contribution in [-0.4, -0.2) is 44.0 Å². The van der Waals surface area contributed by atoms with Crippen LogP contribution in [0.5, 0.6) is 11.5 Å². The second kappa shape index (κ2) is 8.58. The van der Waals surface area contributed by atoms with E-state index in [0.717, 1.165) is 31.5 Å². The summed E-state index contributed by atoms with van der Waals surface area (Å²) in [6.07, 6.45) is 2.23. The number of likely N-dealkylation sites (tertiary alicyclic amines) is 1. The number of para-hydroxylation sites is 1. The van der Waals surface area contributed by atoms with Crippen LogP contribution >= 0.6 is 0 Å². The first-order chi connectivity index (χ1) is 13.1. The minimum Gasteiger partial charge on any atom is -0.493 e. The zero-order valence-electron chi connectivity index (χ0n) is 15.7. The van der Waals surface area contributed by atoms with Crippen LogP contribution in [0.4, 0.5) is 5.69 Å². The highest BCUT2D eigenvalue weighted by atomic mass is 16.5. The summed E-state index contributed by atoms with van der Waals surface area (Å²) in [6.45, 7) is 1.54. The lowest BCUT2D eigenvalue weighted by molar-refractivity contribution is -0.115. The van der Waals surface area contributed by atoms with Gasteiger partial charge in [0, 0.05) is 13.1 Å².